The van der Waals surface area contributed by atoms with Gasteiger partial charge in [-0.05, 0) is 40.5 Å². The topological polar surface area (TPSA) is 47.6 Å². The van der Waals surface area contributed by atoms with Crippen LogP contribution in [0, 0.1) is 0 Å². The molecule has 0 bridgehead atoms. The SMILES string of the molecule is COc1ccc(Br)c(C(=O)NCCCOCCCl)c1. The number of carbonyl (C=O) groups excluding carboxylic acids is 1. The molecule has 0 aliphatic carbocycles. The van der Waals surface area contributed by atoms with Crippen LogP contribution in [-0.2, 0) is 4.74 Å². The molecule has 0 heterocycles. The van der Waals surface area contributed by atoms with Gasteiger partial charge < -0.3 is 14.8 Å². The number of halogens is 2. The van der Waals surface area contributed by atoms with E-state index >= 15 is 0 Å². The van der Waals surface area contributed by atoms with E-state index in [9.17, 15) is 4.79 Å². The molecule has 0 radical (unpaired) electrons. The summed E-state index contributed by atoms with van der Waals surface area (Å²) in [4.78, 5) is 12.0. The van der Waals surface area contributed by atoms with Crippen LogP contribution in [0.15, 0.2) is 22.7 Å². The van der Waals surface area contributed by atoms with Gasteiger partial charge in [-0.25, -0.2) is 0 Å². The summed E-state index contributed by atoms with van der Waals surface area (Å²) in [6, 6.07) is 5.28. The fraction of sp³-hybridized carbons (Fsp3) is 0.462. The highest BCUT2D eigenvalue weighted by atomic mass is 79.9. The van der Waals surface area contributed by atoms with Crippen LogP contribution < -0.4 is 10.1 Å². The molecule has 1 rings (SSSR count). The van der Waals surface area contributed by atoms with Crippen molar-refractivity contribution in [2.24, 2.45) is 0 Å². The lowest BCUT2D eigenvalue weighted by Gasteiger charge is -2.08. The highest BCUT2D eigenvalue weighted by molar-refractivity contribution is 9.10. The highest BCUT2D eigenvalue weighted by Crippen LogP contribution is 2.22. The van der Waals surface area contributed by atoms with Crippen molar-refractivity contribution in [3.63, 3.8) is 0 Å². The summed E-state index contributed by atoms with van der Waals surface area (Å²) in [6.07, 6.45) is 0.754. The van der Waals surface area contributed by atoms with Gasteiger partial charge in [-0.3, -0.25) is 4.79 Å². The Labute approximate surface area is 126 Å². The molecule has 0 fully saturated rings. The van der Waals surface area contributed by atoms with E-state index in [0.717, 1.165) is 10.9 Å². The Morgan fingerprint density at radius 2 is 2.21 bits per heavy atom. The molecule has 0 aromatic heterocycles. The molecule has 1 N–H and O–H groups in total. The Hall–Kier alpha value is -0.780. The van der Waals surface area contributed by atoms with Gasteiger partial charge in [0.05, 0.1) is 19.3 Å². The van der Waals surface area contributed by atoms with Crippen LogP contribution in [0.4, 0.5) is 0 Å². The summed E-state index contributed by atoms with van der Waals surface area (Å²) in [5.74, 6) is 1.00. The second-order valence-corrected chi connectivity index (χ2v) is 4.99. The van der Waals surface area contributed by atoms with E-state index in [1.165, 1.54) is 0 Å². The molecule has 1 aromatic carbocycles. The number of alkyl halides is 1. The van der Waals surface area contributed by atoms with Crippen molar-refractivity contribution in [3.8, 4) is 5.75 Å². The van der Waals surface area contributed by atoms with Crippen molar-refractivity contribution in [1.82, 2.24) is 5.32 Å². The van der Waals surface area contributed by atoms with Crippen molar-refractivity contribution in [2.45, 2.75) is 6.42 Å². The number of rotatable bonds is 8. The zero-order chi connectivity index (χ0) is 14.1. The minimum Gasteiger partial charge on any atom is -0.497 e. The van der Waals surface area contributed by atoms with Crippen LogP contribution >= 0.6 is 27.5 Å². The molecule has 4 nitrogen and oxygen atoms in total. The Balaban J connectivity index is 2.40. The third kappa shape index (κ3) is 5.80. The molecule has 0 saturated carbocycles. The number of amides is 1. The van der Waals surface area contributed by atoms with Crippen molar-refractivity contribution in [1.29, 1.82) is 0 Å². The van der Waals surface area contributed by atoms with E-state index < -0.39 is 0 Å². The summed E-state index contributed by atoms with van der Waals surface area (Å²) in [7, 11) is 1.57. The molecule has 0 spiro atoms. The molecule has 0 aliphatic rings. The first-order valence-electron chi connectivity index (χ1n) is 5.94. The van der Waals surface area contributed by atoms with Gasteiger partial charge >= 0.3 is 0 Å². The molecule has 1 aromatic rings. The number of methoxy groups -OCH3 is 1. The fourth-order valence-corrected chi connectivity index (χ4v) is 1.97. The predicted octanol–water partition coefficient (Wildman–Crippen LogP) is 2.83. The standard InChI is InChI=1S/C13H17BrClNO3/c1-18-10-3-4-12(14)11(9-10)13(17)16-6-2-7-19-8-5-15/h3-4,9H,2,5-8H2,1H3,(H,16,17). The van der Waals surface area contributed by atoms with Crippen LogP contribution in [0.2, 0.25) is 0 Å². The largest absolute Gasteiger partial charge is 0.497 e. The molecular formula is C13H17BrClNO3. The van der Waals surface area contributed by atoms with Gasteiger partial charge in [0.1, 0.15) is 5.75 Å². The van der Waals surface area contributed by atoms with E-state index in [4.69, 9.17) is 21.1 Å². The molecule has 106 valence electrons. The number of hydrogen-bond donors (Lipinski definition) is 1. The van der Waals surface area contributed by atoms with E-state index in [1.54, 1.807) is 25.3 Å². The second kappa shape index (κ2) is 9.18. The minimum atomic E-state index is -0.136. The molecular weight excluding hydrogens is 334 g/mol. The first-order chi connectivity index (χ1) is 9.19. The molecule has 6 heteroatoms. The lowest BCUT2D eigenvalue weighted by atomic mass is 10.2. The molecule has 0 atom stereocenters. The third-order valence-electron chi connectivity index (χ3n) is 2.39. The molecule has 0 saturated heterocycles. The van der Waals surface area contributed by atoms with Gasteiger partial charge in [0.25, 0.3) is 5.91 Å². The molecule has 19 heavy (non-hydrogen) atoms. The third-order valence-corrected chi connectivity index (χ3v) is 3.24. The van der Waals surface area contributed by atoms with E-state index in [2.05, 4.69) is 21.2 Å². The van der Waals surface area contributed by atoms with Crippen molar-refractivity contribution in [3.05, 3.63) is 28.2 Å². The van der Waals surface area contributed by atoms with Gasteiger partial charge in [0.15, 0.2) is 0 Å². The smallest absolute Gasteiger partial charge is 0.252 e. The highest BCUT2D eigenvalue weighted by Gasteiger charge is 2.10. The number of carbonyl (C=O) groups is 1. The lowest BCUT2D eigenvalue weighted by molar-refractivity contribution is 0.0943. The van der Waals surface area contributed by atoms with E-state index in [1.807, 2.05) is 0 Å². The fourth-order valence-electron chi connectivity index (χ4n) is 1.43. The van der Waals surface area contributed by atoms with Crippen LogP contribution in [0.5, 0.6) is 5.75 Å². The summed E-state index contributed by atoms with van der Waals surface area (Å²) in [6.45, 7) is 1.69. The van der Waals surface area contributed by atoms with Gasteiger partial charge in [-0.15, -0.1) is 11.6 Å². The van der Waals surface area contributed by atoms with Crippen LogP contribution in [0.25, 0.3) is 0 Å². The molecule has 0 aliphatic heterocycles. The number of ether oxygens (including phenoxy) is 2. The predicted molar refractivity (Wildman–Crippen MR) is 79.2 cm³/mol. The van der Waals surface area contributed by atoms with Crippen LogP contribution in [0.1, 0.15) is 16.8 Å². The summed E-state index contributed by atoms with van der Waals surface area (Å²) >= 11 is 8.83. The summed E-state index contributed by atoms with van der Waals surface area (Å²) in [5.41, 5.74) is 0.557. The van der Waals surface area contributed by atoms with Gasteiger partial charge in [-0.2, -0.15) is 0 Å². The lowest BCUT2D eigenvalue weighted by Crippen LogP contribution is -2.25. The molecule has 0 unspecified atom stereocenters. The van der Waals surface area contributed by atoms with E-state index in [0.29, 0.717) is 37.0 Å². The first kappa shape index (κ1) is 16.3. The number of hydrogen-bond acceptors (Lipinski definition) is 3. The Bertz CT molecular complexity index is 415. The van der Waals surface area contributed by atoms with Crippen LogP contribution in [0.3, 0.4) is 0 Å². The monoisotopic (exact) mass is 349 g/mol. The Kier molecular flexibility index (Phi) is 7.86. The maximum atomic E-state index is 12.0. The molecule has 1 amide bonds. The zero-order valence-corrected chi connectivity index (χ0v) is 13.1. The zero-order valence-electron chi connectivity index (χ0n) is 10.7. The summed E-state index contributed by atoms with van der Waals surface area (Å²) < 4.78 is 11.1. The van der Waals surface area contributed by atoms with Crippen LogP contribution in [-0.4, -0.2) is 38.7 Å². The minimum absolute atomic E-state index is 0.136. The van der Waals surface area contributed by atoms with Crippen molar-refractivity contribution < 1.29 is 14.3 Å². The van der Waals surface area contributed by atoms with E-state index in [-0.39, 0.29) is 5.91 Å². The Morgan fingerprint density at radius 3 is 2.89 bits per heavy atom. The normalized spacial score (nSPS) is 10.3. The number of benzene rings is 1. The van der Waals surface area contributed by atoms with Gasteiger partial charge in [-0.1, -0.05) is 0 Å². The van der Waals surface area contributed by atoms with Crippen molar-refractivity contribution in [2.75, 3.05) is 32.7 Å². The Morgan fingerprint density at radius 1 is 1.42 bits per heavy atom. The van der Waals surface area contributed by atoms with Gasteiger partial charge in [0.2, 0.25) is 0 Å². The average Bonchev–Trinajstić information content (AvgIpc) is 2.43. The quantitative estimate of drug-likeness (QED) is 0.579. The maximum Gasteiger partial charge on any atom is 0.252 e. The van der Waals surface area contributed by atoms with Crippen molar-refractivity contribution >= 4 is 33.4 Å². The average molecular weight is 351 g/mol. The number of nitrogens with one attached hydrogen (secondary N) is 1. The first-order valence-corrected chi connectivity index (χ1v) is 7.27. The second-order valence-electron chi connectivity index (χ2n) is 3.76. The summed E-state index contributed by atoms with van der Waals surface area (Å²) in [5, 5.41) is 2.83. The van der Waals surface area contributed by atoms with Gasteiger partial charge in [0, 0.05) is 23.5 Å². The maximum absolute atomic E-state index is 12.0.